The molecular formula is C44H59N5O12S. The molecule has 0 aromatic heterocycles. The van der Waals surface area contributed by atoms with Crippen LogP contribution in [0.5, 0.6) is 5.75 Å². The number of esters is 1. The van der Waals surface area contributed by atoms with Crippen LogP contribution in [0.25, 0.3) is 0 Å². The molecule has 0 saturated carbocycles. The highest BCUT2D eigenvalue weighted by Crippen LogP contribution is 2.28. The predicted molar refractivity (Wildman–Crippen MR) is 228 cm³/mol. The first kappa shape index (κ1) is 47.9. The molecule has 3 aromatic rings. The first-order chi connectivity index (χ1) is 30.1. The van der Waals surface area contributed by atoms with E-state index >= 15 is 0 Å². The minimum Gasteiger partial charge on any atom is -0.467 e. The maximum Gasteiger partial charge on any atom is 0.415 e. The van der Waals surface area contributed by atoms with Crippen LogP contribution in [0.2, 0.25) is 0 Å². The van der Waals surface area contributed by atoms with Gasteiger partial charge in [0.25, 0.3) is 0 Å². The number of likely N-dealkylation sites (tertiary alicyclic amines) is 1. The van der Waals surface area contributed by atoms with E-state index in [-0.39, 0.29) is 42.8 Å². The third kappa shape index (κ3) is 15.7. The zero-order chi connectivity index (χ0) is 44.0. The molecule has 1 unspecified atom stereocenters. The normalized spacial score (nSPS) is 18.2. The van der Waals surface area contributed by atoms with Gasteiger partial charge >= 0.3 is 18.2 Å². The van der Waals surface area contributed by atoms with E-state index in [4.69, 9.17) is 28.4 Å². The van der Waals surface area contributed by atoms with Crippen molar-refractivity contribution in [2.24, 2.45) is 5.92 Å². The number of nitrogens with zero attached hydrogens (tertiary/aromatic N) is 2. The quantitative estimate of drug-likeness (QED) is 0.0823. The molecule has 338 valence electrons. The molecule has 62 heavy (non-hydrogen) atoms. The van der Waals surface area contributed by atoms with E-state index < -0.39 is 46.2 Å². The molecule has 2 saturated heterocycles. The first-order valence-corrected chi connectivity index (χ1v) is 22.5. The van der Waals surface area contributed by atoms with E-state index in [2.05, 4.69) is 16.0 Å². The summed E-state index contributed by atoms with van der Waals surface area (Å²) in [7, 11) is -2.84. The fourth-order valence-corrected chi connectivity index (χ4v) is 8.81. The Balaban J connectivity index is 0.986. The molecule has 0 bridgehead atoms. The Hall–Kier alpha value is -5.11. The van der Waals surface area contributed by atoms with Gasteiger partial charge in [0.1, 0.15) is 24.4 Å². The number of benzene rings is 3. The number of ether oxygens (including phenoxy) is 6. The van der Waals surface area contributed by atoms with E-state index in [0.717, 1.165) is 5.56 Å². The van der Waals surface area contributed by atoms with Gasteiger partial charge in [-0.05, 0) is 74.4 Å². The number of rotatable bonds is 25. The molecule has 5 rings (SSSR count). The fourth-order valence-electron chi connectivity index (χ4n) is 7.15. The van der Waals surface area contributed by atoms with Gasteiger partial charge in [0.05, 0.1) is 38.4 Å². The summed E-state index contributed by atoms with van der Waals surface area (Å²) < 4.78 is 61.5. The second-order valence-electron chi connectivity index (χ2n) is 14.9. The van der Waals surface area contributed by atoms with Gasteiger partial charge in [0.2, 0.25) is 15.9 Å². The van der Waals surface area contributed by atoms with E-state index in [1.165, 1.54) is 23.5 Å². The van der Waals surface area contributed by atoms with Crippen LogP contribution in [-0.4, -0.2) is 139 Å². The summed E-state index contributed by atoms with van der Waals surface area (Å²) in [5.41, 5.74) is 0.921. The first-order valence-electron chi connectivity index (χ1n) is 21.0. The lowest BCUT2D eigenvalue weighted by Gasteiger charge is -2.26. The van der Waals surface area contributed by atoms with E-state index in [1.54, 1.807) is 47.4 Å². The molecule has 18 heteroatoms. The topological polar surface area (TPSA) is 200 Å². The minimum absolute atomic E-state index is 0.0495. The molecule has 0 spiro atoms. The van der Waals surface area contributed by atoms with Gasteiger partial charge in [0, 0.05) is 45.4 Å². The lowest BCUT2D eigenvalue weighted by molar-refractivity contribution is -0.146. The smallest absolute Gasteiger partial charge is 0.415 e. The number of sulfonamides is 1. The number of para-hydroxylation sites is 1. The fraction of sp³-hybridized carbons (Fsp3) is 0.500. The summed E-state index contributed by atoms with van der Waals surface area (Å²) in [6.07, 6.45) is 1.27. The molecule has 4 atom stereocenters. The van der Waals surface area contributed by atoms with Crippen molar-refractivity contribution in [1.82, 2.24) is 25.2 Å². The molecule has 2 fully saturated rings. The molecule has 3 aromatic carbocycles. The average molecular weight is 882 g/mol. The second-order valence-corrected chi connectivity index (χ2v) is 16.8. The number of alkyl carbamates (subject to hydrolysis) is 1. The molecule has 2 aliphatic heterocycles. The molecular weight excluding hydrogens is 823 g/mol. The van der Waals surface area contributed by atoms with Gasteiger partial charge in [0.15, 0.2) is 0 Å². The Morgan fingerprint density at radius 3 is 2.05 bits per heavy atom. The van der Waals surface area contributed by atoms with Crippen LogP contribution < -0.4 is 20.7 Å². The standard InChI is InChI=1S/C44H59N5O12S/c1-56-42(51)39(29-35-19-22-48(31-35)44(53)61-37-15-7-3-8-16-37)47-41(50)40-30-36(32-49(40)62(54,55)38-17-9-4-10-18-38)45-20-11-23-57-25-27-59-28-26-58-24-12-21-46-43(52)60-33-34-13-5-2-6-14-34/h2-10,13-18,35-36,39-40,45H,11-12,19-33H2,1H3,(H,46,52)(H,47,50)/t35?,36-,39-,40+/m1/s1. The average Bonchev–Trinajstić information content (AvgIpc) is 3.96. The molecule has 17 nitrogen and oxygen atoms in total. The third-order valence-corrected chi connectivity index (χ3v) is 12.3. The number of nitrogens with one attached hydrogen (secondary N) is 3. The van der Waals surface area contributed by atoms with Crippen molar-refractivity contribution in [3.8, 4) is 5.75 Å². The van der Waals surface area contributed by atoms with Crippen LogP contribution in [0.3, 0.4) is 0 Å². The molecule has 2 aliphatic rings. The van der Waals surface area contributed by atoms with Crippen molar-refractivity contribution in [2.45, 2.75) is 61.7 Å². The number of methoxy groups -OCH3 is 1. The number of amides is 3. The van der Waals surface area contributed by atoms with Crippen molar-refractivity contribution < 1.29 is 56.0 Å². The maximum atomic E-state index is 13.9. The maximum absolute atomic E-state index is 13.9. The van der Waals surface area contributed by atoms with Crippen molar-refractivity contribution in [3.05, 3.63) is 96.6 Å². The highest BCUT2D eigenvalue weighted by Gasteiger charge is 2.45. The van der Waals surface area contributed by atoms with Gasteiger partial charge < -0.3 is 49.3 Å². The number of hydrogen-bond donors (Lipinski definition) is 3. The van der Waals surface area contributed by atoms with E-state index in [0.29, 0.717) is 90.8 Å². The van der Waals surface area contributed by atoms with Crippen LogP contribution >= 0.6 is 0 Å². The van der Waals surface area contributed by atoms with Crippen molar-refractivity contribution in [1.29, 1.82) is 0 Å². The van der Waals surface area contributed by atoms with Crippen LogP contribution in [0.4, 0.5) is 9.59 Å². The Labute approximate surface area is 363 Å². The number of hydrogen-bond acceptors (Lipinski definition) is 13. The Morgan fingerprint density at radius 1 is 0.774 bits per heavy atom. The van der Waals surface area contributed by atoms with Gasteiger partial charge in [-0.3, -0.25) is 4.79 Å². The van der Waals surface area contributed by atoms with Crippen molar-refractivity contribution in [2.75, 3.05) is 79.5 Å². The van der Waals surface area contributed by atoms with Crippen molar-refractivity contribution >= 4 is 34.1 Å². The highest BCUT2D eigenvalue weighted by molar-refractivity contribution is 7.89. The van der Waals surface area contributed by atoms with Crippen LogP contribution in [0, 0.1) is 5.92 Å². The van der Waals surface area contributed by atoms with Gasteiger partial charge in [-0.15, -0.1) is 0 Å². The van der Waals surface area contributed by atoms with E-state index in [9.17, 15) is 27.6 Å². The summed E-state index contributed by atoms with van der Waals surface area (Å²) in [6.45, 7) is 4.48. The summed E-state index contributed by atoms with van der Waals surface area (Å²) >= 11 is 0. The van der Waals surface area contributed by atoms with Gasteiger partial charge in [-0.2, -0.15) is 4.31 Å². The Bertz CT molecular complexity index is 1930. The Morgan fingerprint density at radius 2 is 1.39 bits per heavy atom. The molecule has 3 N–H and O–H groups in total. The molecule has 2 heterocycles. The summed E-state index contributed by atoms with van der Waals surface area (Å²) in [5.74, 6) is -0.978. The predicted octanol–water partition coefficient (Wildman–Crippen LogP) is 3.73. The summed E-state index contributed by atoms with van der Waals surface area (Å²) in [4.78, 5) is 53.1. The molecule has 3 amide bonds. The molecule has 0 aliphatic carbocycles. The van der Waals surface area contributed by atoms with Crippen molar-refractivity contribution in [3.63, 3.8) is 0 Å². The van der Waals surface area contributed by atoms with Gasteiger partial charge in [-0.25, -0.2) is 22.8 Å². The van der Waals surface area contributed by atoms with Crippen LogP contribution in [0.1, 0.15) is 37.7 Å². The number of carbonyl (C=O) groups excluding carboxylic acids is 4. The number of carbonyl (C=O) groups is 4. The zero-order valence-electron chi connectivity index (χ0n) is 35.2. The van der Waals surface area contributed by atoms with E-state index in [1.807, 2.05) is 36.4 Å². The van der Waals surface area contributed by atoms with Crippen LogP contribution in [-0.2, 0) is 49.9 Å². The molecule has 0 radical (unpaired) electrons. The summed E-state index contributed by atoms with van der Waals surface area (Å²) in [5, 5.41) is 8.86. The largest absolute Gasteiger partial charge is 0.467 e. The zero-order valence-corrected chi connectivity index (χ0v) is 36.0. The highest BCUT2D eigenvalue weighted by atomic mass is 32.2. The summed E-state index contributed by atoms with van der Waals surface area (Å²) in [6, 6.07) is 23.6. The monoisotopic (exact) mass is 881 g/mol. The third-order valence-electron chi connectivity index (χ3n) is 10.4. The minimum atomic E-state index is -4.07. The lowest BCUT2D eigenvalue weighted by atomic mass is 9.98. The SMILES string of the molecule is COC(=O)[C@@H](CC1CCN(C(=O)Oc2ccccc2)C1)NC(=O)[C@@H]1C[C@@H](NCCCOCCOCCOCCCNC(=O)OCc2ccccc2)CN1S(=O)(=O)c1ccccc1. The second kappa shape index (κ2) is 25.7. The lowest BCUT2D eigenvalue weighted by Crippen LogP contribution is -2.51. The Kier molecular flexibility index (Phi) is 19.9. The van der Waals surface area contributed by atoms with Crippen LogP contribution in [0.15, 0.2) is 95.9 Å². The van der Waals surface area contributed by atoms with Gasteiger partial charge in [-0.1, -0.05) is 66.7 Å².